The first-order chi connectivity index (χ1) is 8.81. The second kappa shape index (κ2) is 5.34. The van der Waals surface area contributed by atoms with Gasteiger partial charge in [0.1, 0.15) is 5.01 Å². The number of hydrogen-bond acceptors (Lipinski definition) is 4. The largest absolute Gasteiger partial charge is 0.313 e. The van der Waals surface area contributed by atoms with Crippen molar-refractivity contribution in [1.82, 2.24) is 15.2 Å². The highest BCUT2D eigenvalue weighted by atomic mass is 32.1. The molecule has 3 rings (SSSR count). The predicted octanol–water partition coefficient (Wildman–Crippen LogP) is 2.48. The molecule has 96 valence electrons. The number of aromatic nitrogens is 1. The number of para-hydroxylation sites is 1. The van der Waals surface area contributed by atoms with Crippen molar-refractivity contribution in [3.8, 4) is 0 Å². The van der Waals surface area contributed by atoms with Gasteiger partial charge in [-0.1, -0.05) is 12.1 Å². The zero-order valence-corrected chi connectivity index (χ0v) is 11.5. The number of nitrogens with zero attached hydrogens (tertiary/aromatic N) is 2. The van der Waals surface area contributed by atoms with Gasteiger partial charge in [0.2, 0.25) is 0 Å². The lowest BCUT2D eigenvalue weighted by Crippen LogP contribution is -2.29. The van der Waals surface area contributed by atoms with E-state index in [9.17, 15) is 0 Å². The van der Waals surface area contributed by atoms with Crippen molar-refractivity contribution in [2.24, 2.45) is 0 Å². The zero-order valence-electron chi connectivity index (χ0n) is 10.7. The number of hydrogen-bond donors (Lipinski definition) is 1. The van der Waals surface area contributed by atoms with E-state index in [0.717, 1.165) is 31.2 Å². The van der Waals surface area contributed by atoms with Crippen LogP contribution in [0.2, 0.25) is 0 Å². The number of rotatable bonds is 6. The minimum atomic E-state index is 0.806. The molecule has 0 bridgehead atoms. The molecule has 0 amide bonds. The van der Waals surface area contributed by atoms with E-state index in [1.165, 1.54) is 22.5 Å². The minimum absolute atomic E-state index is 0.806. The van der Waals surface area contributed by atoms with Crippen molar-refractivity contribution in [2.75, 3.05) is 20.1 Å². The Hall–Kier alpha value is -0.970. The summed E-state index contributed by atoms with van der Waals surface area (Å²) in [6, 6.07) is 9.17. The Labute approximate surface area is 112 Å². The number of nitrogens with one attached hydrogen (secondary N) is 1. The molecule has 0 atom stereocenters. The maximum Gasteiger partial charge on any atom is 0.108 e. The van der Waals surface area contributed by atoms with Crippen LogP contribution in [0.4, 0.5) is 0 Å². The SMILES string of the molecule is CN(CCNC1CC1)Cc1nc2ccccc2s1. The number of likely N-dealkylation sites (N-methyl/N-ethyl adjacent to an activating group) is 1. The van der Waals surface area contributed by atoms with Gasteiger partial charge in [-0.05, 0) is 32.0 Å². The molecule has 1 saturated carbocycles. The Morgan fingerprint density at radius 1 is 1.39 bits per heavy atom. The number of fused-ring (bicyclic) bond motifs is 1. The van der Waals surface area contributed by atoms with E-state index in [4.69, 9.17) is 0 Å². The molecular formula is C14H19N3S. The smallest absolute Gasteiger partial charge is 0.108 e. The van der Waals surface area contributed by atoms with Crippen molar-refractivity contribution < 1.29 is 0 Å². The second-order valence-corrected chi connectivity index (χ2v) is 6.16. The van der Waals surface area contributed by atoms with Crippen LogP contribution in [0.1, 0.15) is 17.8 Å². The summed E-state index contributed by atoms with van der Waals surface area (Å²) in [6.45, 7) is 3.13. The molecule has 1 heterocycles. The maximum absolute atomic E-state index is 4.66. The highest BCUT2D eigenvalue weighted by Crippen LogP contribution is 2.22. The number of thiazole rings is 1. The Balaban J connectivity index is 1.53. The monoisotopic (exact) mass is 261 g/mol. The standard InChI is InChI=1S/C14H19N3S/c1-17(9-8-15-11-6-7-11)10-14-16-12-4-2-3-5-13(12)18-14/h2-5,11,15H,6-10H2,1H3. The highest BCUT2D eigenvalue weighted by Gasteiger charge is 2.19. The van der Waals surface area contributed by atoms with Gasteiger partial charge in [0.05, 0.1) is 16.8 Å². The normalized spacial score (nSPS) is 15.7. The van der Waals surface area contributed by atoms with Crippen LogP contribution in [0, 0.1) is 0 Å². The Bertz CT molecular complexity index is 485. The zero-order chi connectivity index (χ0) is 12.4. The Kier molecular flexibility index (Phi) is 3.59. The third-order valence-corrected chi connectivity index (χ3v) is 4.27. The quantitative estimate of drug-likeness (QED) is 0.866. The Morgan fingerprint density at radius 2 is 2.22 bits per heavy atom. The summed E-state index contributed by atoms with van der Waals surface area (Å²) in [7, 11) is 2.17. The second-order valence-electron chi connectivity index (χ2n) is 5.04. The van der Waals surface area contributed by atoms with E-state index < -0.39 is 0 Å². The summed E-state index contributed by atoms with van der Waals surface area (Å²) >= 11 is 1.80. The molecule has 0 spiro atoms. The van der Waals surface area contributed by atoms with E-state index in [2.05, 4.69) is 46.5 Å². The molecule has 1 N–H and O–H groups in total. The van der Waals surface area contributed by atoms with Crippen LogP contribution in [0.5, 0.6) is 0 Å². The van der Waals surface area contributed by atoms with E-state index >= 15 is 0 Å². The van der Waals surface area contributed by atoms with Crippen molar-refractivity contribution >= 4 is 21.6 Å². The van der Waals surface area contributed by atoms with Gasteiger partial charge in [0, 0.05) is 19.1 Å². The fraction of sp³-hybridized carbons (Fsp3) is 0.500. The molecular weight excluding hydrogens is 242 g/mol. The molecule has 0 unspecified atom stereocenters. The predicted molar refractivity (Wildman–Crippen MR) is 77.0 cm³/mol. The van der Waals surface area contributed by atoms with Gasteiger partial charge < -0.3 is 5.32 Å². The van der Waals surface area contributed by atoms with Crippen molar-refractivity contribution in [1.29, 1.82) is 0 Å². The van der Waals surface area contributed by atoms with Crippen molar-refractivity contribution in [3.63, 3.8) is 0 Å². The fourth-order valence-electron chi connectivity index (χ4n) is 2.04. The lowest BCUT2D eigenvalue weighted by Gasteiger charge is -2.14. The molecule has 1 fully saturated rings. The molecule has 1 aromatic carbocycles. The van der Waals surface area contributed by atoms with Crippen LogP contribution in [-0.2, 0) is 6.54 Å². The van der Waals surface area contributed by atoms with Gasteiger partial charge >= 0.3 is 0 Å². The van der Waals surface area contributed by atoms with Crippen LogP contribution in [0.15, 0.2) is 24.3 Å². The molecule has 1 aliphatic carbocycles. The average Bonchev–Trinajstić information content (AvgIpc) is 3.08. The minimum Gasteiger partial charge on any atom is -0.313 e. The van der Waals surface area contributed by atoms with Crippen LogP contribution in [0.3, 0.4) is 0 Å². The molecule has 3 nitrogen and oxygen atoms in total. The first-order valence-electron chi connectivity index (χ1n) is 6.57. The lowest BCUT2D eigenvalue weighted by molar-refractivity contribution is 0.323. The summed E-state index contributed by atoms with van der Waals surface area (Å²) in [5.74, 6) is 0. The number of benzene rings is 1. The molecule has 1 aromatic heterocycles. The summed E-state index contributed by atoms with van der Waals surface area (Å²) in [5.41, 5.74) is 1.13. The van der Waals surface area contributed by atoms with Gasteiger partial charge in [-0.15, -0.1) is 11.3 Å². The highest BCUT2D eigenvalue weighted by molar-refractivity contribution is 7.18. The molecule has 1 aliphatic rings. The van der Waals surface area contributed by atoms with Gasteiger partial charge in [0.15, 0.2) is 0 Å². The molecule has 0 radical (unpaired) electrons. The third-order valence-electron chi connectivity index (χ3n) is 3.25. The lowest BCUT2D eigenvalue weighted by atomic mass is 10.3. The fourth-order valence-corrected chi connectivity index (χ4v) is 3.09. The topological polar surface area (TPSA) is 28.2 Å². The van der Waals surface area contributed by atoms with Crippen LogP contribution < -0.4 is 5.32 Å². The maximum atomic E-state index is 4.66. The summed E-state index contributed by atoms with van der Waals surface area (Å²) in [5, 5.41) is 4.75. The van der Waals surface area contributed by atoms with E-state index in [0.29, 0.717) is 0 Å². The van der Waals surface area contributed by atoms with Crippen LogP contribution in [0.25, 0.3) is 10.2 Å². The van der Waals surface area contributed by atoms with Gasteiger partial charge in [-0.25, -0.2) is 4.98 Å². The first-order valence-corrected chi connectivity index (χ1v) is 7.39. The summed E-state index contributed by atoms with van der Waals surface area (Å²) < 4.78 is 1.29. The van der Waals surface area contributed by atoms with E-state index in [1.54, 1.807) is 11.3 Å². The first kappa shape index (κ1) is 12.1. The molecule has 0 saturated heterocycles. The van der Waals surface area contributed by atoms with Crippen molar-refractivity contribution in [2.45, 2.75) is 25.4 Å². The van der Waals surface area contributed by atoms with Gasteiger partial charge in [-0.3, -0.25) is 4.90 Å². The van der Waals surface area contributed by atoms with E-state index in [1.807, 2.05) is 0 Å². The summed E-state index contributed by atoms with van der Waals surface area (Å²) in [6.07, 6.45) is 2.73. The molecule has 2 aromatic rings. The van der Waals surface area contributed by atoms with Crippen molar-refractivity contribution in [3.05, 3.63) is 29.3 Å². The average molecular weight is 261 g/mol. The van der Waals surface area contributed by atoms with Gasteiger partial charge in [0.25, 0.3) is 0 Å². The molecule has 4 heteroatoms. The molecule has 0 aliphatic heterocycles. The van der Waals surface area contributed by atoms with Gasteiger partial charge in [-0.2, -0.15) is 0 Å². The van der Waals surface area contributed by atoms with Crippen LogP contribution >= 0.6 is 11.3 Å². The van der Waals surface area contributed by atoms with Crippen LogP contribution in [-0.4, -0.2) is 36.1 Å². The molecule has 18 heavy (non-hydrogen) atoms. The van der Waals surface area contributed by atoms with E-state index in [-0.39, 0.29) is 0 Å². The summed E-state index contributed by atoms with van der Waals surface area (Å²) in [4.78, 5) is 7.01. The third kappa shape index (κ3) is 3.07. The Morgan fingerprint density at radius 3 is 3.00 bits per heavy atom.